The fourth-order valence-corrected chi connectivity index (χ4v) is 10.9. The summed E-state index contributed by atoms with van der Waals surface area (Å²) < 4.78 is 18.2. The van der Waals surface area contributed by atoms with E-state index >= 15 is 0 Å². The number of hydrogen-bond acceptors (Lipinski definition) is 8. The Morgan fingerprint density at radius 2 is 1.68 bits per heavy atom. The van der Waals surface area contributed by atoms with Crippen LogP contribution in [-0.2, 0) is 37.8 Å². The second-order valence-corrected chi connectivity index (χ2v) is 18.5. The molecule has 53 heavy (non-hydrogen) atoms. The van der Waals surface area contributed by atoms with Gasteiger partial charge in [-0.15, -0.1) is 0 Å². The third-order valence-corrected chi connectivity index (χ3v) is 13.3. The lowest BCUT2D eigenvalue weighted by atomic mass is 9.82. The maximum absolute atomic E-state index is 15.0. The van der Waals surface area contributed by atoms with Crippen LogP contribution in [0.5, 0.6) is 11.5 Å². The van der Waals surface area contributed by atoms with Gasteiger partial charge < -0.3 is 33.9 Å². The van der Waals surface area contributed by atoms with Crippen LogP contribution in [0.4, 0.5) is 17.1 Å². The number of carbonyl (C=O) groups excluding carboxylic acids is 3. The lowest BCUT2D eigenvalue weighted by Crippen LogP contribution is -2.46. The number of carbonyl (C=O) groups is 3. The van der Waals surface area contributed by atoms with Crippen molar-refractivity contribution >= 4 is 43.1 Å². The number of aliphatic hydroxyl groups excluding tert-OH is 1. The SMILES string of the molecule is COc1ccc2c(c1)[C@@]1(O[C@H](CC(=O)N(CCO)Cc3ccccc3)[C@@H]([Si](C)(C)O)[C@@H]1C)C(=O)N2Cc1ccc(N2C(=O)COc3ccccc32)cc1. The molecule has 7 rings (SSSR count). The number of methoxy groups -OCH3 is 1. The lowest BCUT2D eigenvalue weighted by Gasteiger charge is -2.32. The quantitative estimate of drug-likeness (QED) is 0.193. The Bertz CT molecular complexity index is 2000. The Hall–Kier alpha value is -5.01. The zero-order chi connectivity index (χ0) is 37.5. The second-order valence-electron chi connectivity index (χ2n) is 14.5. The normalized spacial score (nSPS) is 22.1. The van der Waals surface area contributed by atoms with Crippen molar-refractivity contribution in [3.05, 3.63) is 114 Å². The molecule has 12 heteroatoms. The average molecular weight is 736 g/mol. The van der Waals surface area contributed by atoms with Crippen molar-refractivity contribution in [2.45, 2.75) is 56.8 Å². The van der Waals surface area contributed by atoms with Gasteiger partial charge in [-0.2, -0.15) is 0 Å². The maximum atomic E-state index is 15.0. The third-order valence-electron chi connectivity index (χ3n) is 10.7. The van der Waals surface area contributed by atoms with Gasteiger partial charge in [0.15, 0.2) is 20.5 Å². The number of amides is 3. The third kappa shape index (κ3) is 6.61. The minimum Gasteiger partial charge on any atom is -0.497 e. The number of nitrogens with zero attached hydrogens (tertiary/aromatic N) is 3. The Kier molecular flexibility index (Phi) is 9.90. The van der Waals surface area contributed by atoms with E-state index in [1.54, 1.807) is 21.8 Å². The van der Waals surface area contributed by atoms with Crippen LogP contribution in [-0.4, -0.2) is 73.8 Å². The molecule has 4 atom stereocenters. The van der Waals surface area contributed by atoms with Crippen LogP contribution in [0.1, 0.15) is 30.0 Å². The van der Waals surface area contributed by atoms with Gasteiger partial charge in [0.05, 0.1) is 44.2 Å². The van der Waals surface area contributed by atoms with Gasteiger partial charge in [-0.25, -0.2) is 0 Å². The van der Waals surface area contributed by atoms with E-state index in [1.165, 1.54) is 0 Å². The van der Waals surface area contributed by atoms with Gasteiger partial charge in [0.1, 0.15) is 11.5 Å². The molecule has 11 nitrogen and oxygen atoms in total. The minimum absolute atomic E-state index is 0.0575. The van der Waals surface area contributed by atoms with E-state index in [1.807, 2.05) is 117 Å². The van der Waals surface area contributed by atoms with Crippen LogP contribution in [0.2, 0.25) is 18.6 Å². The zero-order valence-electron chi connectivity index (χ0n) is 30.4. The molecule has 2 N–H and O–H groups in total. The summed E-state index contributed by atoms with van der Waals surface area (Å²) >= 11 is 0. The molecular formula is C41H45N3O8Si. The molecule has 0 radical (unpaired) electrons. The van der Waals surface area contributed by atoms with Crippen molar-refractivity contribution in [1.29, 1.82) is 0 Å². The second kappa shape index (κ2) is 14.4. The number of para-hydroxylation sites is 2. The summed E-state index contributed by atoms with van der Waals surface area (Å²) in [6, 6.07) is 30.0. The molecule has 3 aliphatic rings. The van der Waals surface area contributed by atoms with Gasteiger partial charge in [0.2, 0.25) is 5.91 Å². The van der Waals surface area contributed by atoms with Gasteiger partial charge in [-0.3, -0.25) is 19.3 Å². The molecule has 0 unspecified atom stereocenters. The van der Waals surface area contributed by atoms with Crippen molar-refractivity contribution in [2.24, 2.45) is 5.92 Å². The fraction of sp³-hybridized carbons (Fsp3) is 0.341. The summed E-state index contributed by atoms with van der Waals surface area (Å²) in [5.74, 6) is 0.0271. The number of hydrogen-bond donors (Lipinski definition) is 2. The fourth-order valence-electron chi connectivity index (χ4n) is 8.38. The standard InChI is InChI=1S/C41H45N3O8Si/c1-27-39(53(3,4)49)36(23-37(46)42(20-21-45)24-28-10-6-5-7-11-28)52-41(27)32-22-31(50-2)18-19-33(32)43(40(41)48)25-29-14-16-30(17-15-29)44-34-12-8-9-13-35(34)51-26-38(44)47/h5-19,22,27,36,39,45,49H,20-21,23-26H2,1-4H3/t27-,36+,39-,41+/m0/s1. The number of rotatable bonds is 11. The Labute approximate surface area is 310 Å². The molecule has 1 fully saturated rings. The first-order valence-electron chi connectivity index (χ1n) is 17.9. The summed E-state index contributed by atoms with van der Waals surface area (Å²) in [4.78, 5) is 58.6. The topological polar surface area (TPSA) is 129 Å². The van der Waals surface area contributed by atoms with Crippen LogP contribution >= 0.6 is 0 Å². The minimum atomic E-state index is -3.05. The van der Waals surface area contributed by atoms with Gasteiger partial charge in [-0.05, 0) is 66.7 Å². The summed E-state index contributed by atoms with van der Waals surface area (Å²) in [7, 11) is -1.48. The summed E-state index contributed by atoms with van der Waals surface area (Å²) in [5, 5.41) is 9.85. The van der Waals surface area contributed by atoms with Crippen LogP contribution in [0.25, 0.3) is 0 Å². The van der Waals surface area contributed by atoms with E-state index in [9.17, 15) is 24.3 Å². The average Bonchev–Trinajstić information content (AvgIpc) is 3.57. The van der Waals surface area contributed by atoms with Gasteiger partial charge in [0.25, 0.3) is 11.8 Å². The van der Waals surface area contributed by atoms with Crippen LogP contribution < -0.4 is 19.3 Å². The van der Waals surface area contributed by atoms with Crippen molar-refractivity contribution in [3.8, 4) is 11.5 Å². The molecule has 4 aromatic carbocycles. The molecule has 0 bridgehead atoms. The maximum Gasteiger partial charge on any atom is 0.269 e. The van der Waals surface area contributed by atoms with Gasteiger partial charge in [-0.1, -0.05) is 61.5 Å². The smallest absolute Gasteiger partial charge is 0.269 e. The number of fused-ring (bicyclic) bond motifs is 3. The van der Waals surface area contributed by atoms with Crippen molar-refractivity contribution in [2.75, 3.05) is 36.7 Å². The number of anilines is 3. The highest BCUT2D eigenvalue weighted by Crippen LogP contribution is 2.60. The summed E-state index contributed by atoms with van der Waals surface area (Å²) in [6.45, 7) is 6.00. The highest BCUT2D eigenvalue weighted by molar-refractivity contribution is 6.71. The first-order chi connectivity index (χ1) is 25.5. The predicted octanol–water partition coefficient (Wildman–Crippen LogP) is 5.51. The predicted molar refractivity (Wildman–Crippen MR) is 202 cm³/mol. The molecule has 0 saturated carbocycles. The molecule has 1 spiro atoms. The zero-order valence-corrected chi connectivity index (χ0v) is 31.4. The Balaban J connectivity index is 1.20. The monoisotopic (exact) mass is 735 g/mol. The molecule has 3 heterocycles. The van der Waals surface area contributed by atoms with E-state index in [2.05, 4.69) is 0 Å². The lowest BCUT2D eigenvalue weighted by molar-refractivity contribution is -0.150. The van der Waals surface area contributed by atoms with Crippen LogP contribution in [0.3, 0.4) is 0 Å². The largest absolute Gasteiger partial charge is 0.497 e. The van der Waals surface area contributed by atoms with Crippen LogP contribution in [0.15, 0.2) is 97.1 Å². The van der Waals surface area contributed by atoms with E-state index in [0.29, 0.717) is 40.7 Å². The molecule has 0 aromatic heterocycles. The number of ether oxygens (including phenoxy) is 3. The molecule has 1 saturated heterocycles. The Morgan fingerprint density at radius 3 is 2.38 bits per heavy atom. The number of benzene rings is 4. The van der Waals surface area contributed by atoms with Crippen molar-refractivity contribution in [3.63, 3.8) is 0 Å². The summed E-state index contributed by atoms with van der Waals surface area (Å²) in [6.07, 6.45) is -0.810. The van der Waals surface area contributed by atoms with Crippen molar-refractivity contribution in [1.82, 2.24) is 4.90 Å². The highest BCUT2D eigenvalue weighted by atomic mass is 28.4. The van der Waals surface area contributed by atoms with E-state index < -0.39 is 31.5 Å². The molecule has 0 aliphatic carbocycles. The first kappa shape index (κ1) is 36.3. The molecule has 3 amide bonds. The molecule has 4 aromatic rings. The van der Waals surface area contributed by atoms with Crippen molar-refractivity contribution < 1.29 is 38.5 Å². The van der Waals surface area contributed by atoms with E-state index in [-0.39, 0.29) is 50.4 Å². The van der Waals surface area contributed by atoms with Crippen LogP contribution in [0, 0.1) is 5.92 Å². The highest BCUT2D eigenvalue weighted by Gasteiger charge is 2.66. The van der Waals surface area contributed by atoms with E-state index in [4.69, 9.17) is 14.2 Å². The first-order valence-corrected chi connectivity index (χ1v) is 21.0. The molecular weight excluding hydrogens is 691 g/mol. The van der Waals surface area contributed by atoms with Gasteiger partial charge >= 0.3 is 0 Å². The Morgan fingerprint density at radius 1 is 0.962 bits per heavy atom. The van der Waals surface area contributed by atoms with Gasteiger partial charge in [0, 0.05) is 35.8 Å². The van der Waals surface area contributed by atoms with E-state index in [0.717, 1.165) is 11.1 Å². The molecule has 3 aliphatic heterocycles. The number of aliphatic hydroxyl groups is 1. The summed E-state index contributed by atoms with van der Waals surface area (Å²) in [5.41, 5.74) is 2.48. The molecule has 276 valence electrons.